The summed E-state index contributed by atoms with van der Waals surface area (Å²) in [7, 11) is 0. The van der Waals surface area contributed by atoms with E-state index in [2.05, 4.69) is 16.0 Å². The number of nitrogens with two attached hydrogens (primary N) is 3. The molecule has 0 aromatic rings. The molecule has 15 heteroatoms. The number of aliphatic hydroxyl groups excluding tert-OH is 1. The molecule has 12 N–H and O–H groups in total. The van der Waals surface area contributed by atoms with Crippen LogP contribution in [0.4, 0.5) is 0 Å². The van der Waals surface area contributed by atoms with E-state index < -0.39 is 72.3 Å². The van der Waals surface area contributed by atoms with Gasteiger partial charge in [0.2, 0.25) is 23.6 Å². The molecule has 0 heterocycles. The monoisotopic (exact) mass is 490 g/mol. The Bertz CT molecular complexity index is 746. The van der Waals surface area contributed by atoms with Gasteiger partial charge < -0.3 is 48.5 Å². The molecule has 0 radical (unpaired) electrons. The molecule has 34 heavy (non-hydrogen) atoms. The predicted molar refractivity (Wildman–Crippen MR) is 117 cm³/mol. The smallest absolute Gasteiger partial charge is 0.326 e. The lowest BCUT2D eigenvalue weighted by Gasteiger charge is -2.26. The molecule has 4 amide bonds. The molecule has 0 bridgehead atoms. The van der Waals surface area contributed by atoms with Crippen LogP contribution in [0.25, 0.3) is 0 Å². The standard InChI is InChI=1S/C19H34N6O9/c1-9(26)15(18(32)23-11(19(33)34)4-2-3-7-20)25-17(31)12(8-14(28)29)24-16(30)10(21)5-6-13(22)27/h9-12,15,26H,2-8,20-21H2,1H3,(H2,22,27)(H,23,32)(H,24,30)(H,25,31)(H,28,29)(H,33,34). The highest BCUT2D eigenvalue weighted by Crippen LogP contribution is 2.04. The zero-order chi connectivity index (χ0) is 26.4. The SMILES string of the molecule is CC(O)C(NC(=O)C(CC(=O)O)NC(=O)C(N)CCC(N)=O)C(=O)NC(CCCCN)C(=O)O. The molecule has 5 unspecified atom stereocenters. The molecular formula is C19H34N6O9. The Morgan fingerprint density at radius 3 is 1.91 bits per heavy atom. The second-order valence-corrected chi connectivity index (χ2v) is 7.68. The molecule has 5 atom stereocenters. The predicted octanol–water partition coefficient (Wildman–Crippen LogP) is -3.90. The Labute approximate surface area is 195 Å². The molecule has 0 aromatic heterocycles. The summed E-state index contributed by atoms with van der Waals surface area (Å²) in [4.78, 5) is 70.8. The van der Waals surface area contributed by atoms with Crippen LogP contribution in [0, 0.1) is 0 Å². The van der Waals surface area contributed by atoms with Crippen LogP contribution in [0.1, 0.15) is 45.4 Å². The summed E-state index contributed by atoms with van der Waals surface area (Å²) in [5, 5.41) is 34.8. The molecule has 194 valence electrons. The highest BCUT2D eigenvalue weighted by atomic mass is 16.4. The molecule has 0 rings (SSSR count). The molecule has 0 fully saturated rings. The van der Waals surface area contributed by atoms with Crippen LogP contribution in [-0.4, -0.2) is 87.7 Å². The summed E-state index contributed by atoms with van der Waals surface area (Å²) in [6.45, 7) is 1.48. The van der Waals surface area contributed by atoms with Gasteiger partial charge in [0.05, 0.1) is 18.6 Å². The maximum atomic E-state index is 12.6. The van der Waals surface area contributed by atoms with Crippen molar-refractivity contribution < 1.29 is 44.1 Å². The Morgan fingerprint density at radius 1 is 0.853 bits per heavy atom. The fourth-order valence-corrected chi connectivity index (χ4v) is 2.76. The van der Waals surface area contributed by atoms with Crippen molar-refractivity contribution in [3.8, 4) is 0 Å². The number of carboxylic acid groups (broad SMARTS) is 2. The second kappa shape index (κ2) is 15.5. The fraction of sp³-hybridized carbons (Fsp3) is 0.684. The number of carbonyl (C=O) groups is 6. The lowest BCUT2D eigenvalue weighted by molar-refractivity contribution is -0.144. The average Bonchev–Trinajstić information content (AvgIpc) is 2.73. The van der Waals surface area contributed by atoms with E-state index in [1.165, 1.54) is 0 Å². The maximum absolute atomic E-state index is 12.6. The van der Waals surface area contributed by atoms with Crippen molar-refractivity contribution in [2.24, 2.45) is 17.2 Å². The van der Waals surface area contributed by atoms with Crippen LogP contribution in [0.3, 0.4) is 0 Å². The lowest BCUT2D eigenvalue weighted by Crippen LogP contribution is -2.60. The maximum Gasteiger partial charge on any atom is 0.326 e. The third-order valence-corrected chi connectivity index (χ3v) is 4.67. The van der Waals surface area contributed by atoms with Crippen LogP contribution in [0.5, 0.6) is 0 Å². The van der Waals surface area contributed by atoms with Crippen LogP contribution < -0.4 is 33.2 Å². The number of hydrogen-bond acceptors (Lipinski definition) is 9. The van der Waals surface area contributed by atoms with Gasteiger partial charge in [0, 0.05) is 6.42 Å². The van der Waals surface area contributed by atoms with E-state index in [0.717, 1.165) is 6.92 Å². The van der Waals surface area contributed by atoms with Crippen LogP contribution in [0.15, 0.2) is 0 Å². The Balaban J connectivity index is 5.36. The minimum atomic E-state index is -1.68. The minimum Gasteiger partial charge on any atom is -0.481 e. The fourth-order valence-electron chi connectivity index (χ4n) is 2.76. The van der Waals surface area contributed by atoms with Gasteiger partial charge in [0.1, 0.15) is 18.1 Å². The van der Waals surface area contributed by atoms with Gasteiger partial charge in [-0.25, -0.2) is 4.79 Å². The van der Waals surface area contributed by atoms with Gasteiger partial charge in [-0.15, -0.1) is 0 Å². The average molecular weight is 491 g/mol. The minimum absolute atomic E-state index is 0.0552. The van der Waals surface area contributed by atoms with Gasteiger partial charge in [0.25, 0.3) is 0 Å². The van der Waals surface area contributed by atoms with E-state index in [4.69, 9.17) is 22.3 Å². The van der Waals surface area contributed by atoms with E-state index in [1.54, 1.807) is 0 Å². The first kappa shape index (κ1) is 30.7. The molecular weight excluding hydrogens is 456 g/mol. The van der Waals surface area contributed by atoms with E-state index >= 15 is 0 Å². The van der Waals surface area contributed by atoms with Crippen molar-refractivity contribution in [1.29, 1.82) is 0 Å². The van der Waals surface area contributed by atoms with E-state index in [-0.39, 0.29) is 19.3 Å². The summed E-state index contributed by atoms with van der Waals surface area (Å²) in [6, 6.07) is -5.91. The zero-order valence-corrected chi connectivity index (χ0v) is 18.9. The van der Waals surface area contributed by atoms with Crippen molar-refractivity contribution in [3.63, 3.8) is 0 Å². The summed E-state index contributed by atoms with van der Waals surface area (Å²) in [5.41, 5.74) is 16.0. The first-order valence-corrected chi connectivity index (χ1v) is 10.6. The van der Waals surface area contributed by atoms with Gasteiger partial charge in [-0.2, -0.15) is 0 Å². The van der Waals surface area contributed by atoms with E-state index in [0.29, 0.717) is 19.4 Å². The summed E-state index contributed by atoms with van der Waals surface area (Å²) in [6.07, 6.45) is -1.77. The number of carbonyl (C=O) groups excluding carboxylic acids is 4. The Morgan fingerprint density at radius 2 is 1.44 bits per heavy atom. The summed E-state index contributed by atoms with van der Waals surface area (Å²) in [5.74, 6) is -6.60. The van der Waals surface area contributed by atoms with Crippen molar-refractivity contribution in [3.05, 3.63) is 0 Å². The van der Waals surface area contributed by atoms with Crippen LogP contribution in [-0.2, 0) is 28.8 Å². The Kier molecular flexibility index (Phi) is 14.0. The number of rotatable bonds is 17. The van der Waals surface area contributed by atoms with E-state index in [9.17, 15) is 39.0 Å². The van der Waals surface area contributed by atoms with Crippen LogP contribution >= 0.6 is 0 Å². The van der Waals surface area contributed by atoms with Crippen molar-refractivity contribution in [1.82, 2.24) is 16.0 Å². The summed E-state index contributed by atoms with van der Waals surface area (Å²) >= 11 is 0. The topological polar surface area (TPSA) is 277 Å². The van der Waals surface area contributed by atoms with Gasteiger partial charge in [0.15, 0.2) is 0 Å². The number of nitrogens with one attached hydrogen (secondary N) is 3. The first-order chi connectivity index (χ1) is 15.8. The van der Waals surface area contributed by atoms with Gasteiger partial charge >= 0.3 is 11.9 Å². The lowest BCUT2D eigenvalue weighted by atomic mass is 10.1. The number of aliphatic carboxylic acids is 2. The molecule has 0 spiro atoms. The molecule has 0 aliphatic carbocycles. The molecule has 0 aliphatic heterocycles. The number of amides is 4. The molecule has 0 aromatic carbocycles. The number of hydrogen-bond donors (Lipinski definition) is 9. The largest absolute Gasteiger partial charge is 0.481 e. The highest BCUT2D eigenvalue weighted by Gasteiger charge is 2.33. The molecule has 0 saturated carbocycles. The summed E-state index contributed by atoms with van der Waals surface area (Å²) < 4.78 is 0. The molecule has 0 saturated heterocycles. The van der Waals surface area contributed by atoms with Crippen molar-refractivity contribution in [2.75, 3.05) is 6.54 Å². The number of carboxylic acids is 2. The van der Waals surface area contributed by atoms with Gasteiger partial charge in [-0.3, -0.25) is 24.0 Å². The molecule has 0 aliphatic rings. The third kappa shape index (κ3) is 12.1. The highest BCUT2D eigenvalue weighted by molar-refractivity contribution is 5.96. The quantitative estimate of drug-likeness (QED) is 0.0888. The van der Waals surface area contributed by atoms with Gasteiger partial charge in [-0.1, -0.05) is 0 Å². The first-order valence-electron chi connectivity index (χ1n) is 10.6. The second-order valence-electron chi connectivity index (χ2n) is 7.68. The van der Waals surface area contributed by atoms with Crippen LogP contribution in [0.2, 0.25) is 0 Å². The van der Waals surface area contributed by atoms with Crippen molar-refractivity contribution >= 4 is 35.6 Å². The Hall–Kier alpha value is -3.30. The van der Waals surface area contributed by atoms with E-state index in [1.807, 2.05) is 0 Å². The number of aliphatic hydroxyl groups is 1. The van der Waals surface area contributed by atoms with Crippen molar-refractivity contribution in [2.45, 2.75) is 75.7 Å². The molecule has 15 nitrogen and oxygen atoms in total. The number of unbranched alkanes of at least 4 members (excludes halogenated alkanes) is 1. The zero-order valence-electron chi connectivity index (χ0n) is 18.9. The third-order valence-electron chi connectivity index (χ3n) is 4.67. The number of primary amides is 1. The van der Waals surface area contributed by atoms with Gasteiger partial charge in [-0.05, 0) is 39.2 Å². The normalized spacial score (nSPS) is 15.2.